The molecule has 2 amide bonds. The van der Waals surface area contributed by atoms with Crippen molar-refractivity contribution in [2.45, 2.75) is 146 Å². The normalized spacial score (nSPS) is 26.1. The van der Waals surface area contributed by atoms with Crippen LogP contribution < -0.4 is 0 Å². The van der Waals surface area contributed by atoms with E-state index < -0.39 is 0 Å². The molecule has 0 N–H and O–H groups in total. The highest BCUT2D eigenvalue weighted by molar-refractivity contribution is 8.08. The molecule has 0 aromatic rings. The summed E-state index contributed by atoms with van der Waals surface area (Å²) in [6.07, 6.45) is 22.0. The molecule has 2 fully saturated rings. The Morgan fingerprint density at radius 1 is 0.727 bits per heavy atom. The Morgan fingerprint density at radius 2 is 1.24 bits per heavy atom. The van der Waals surface area contributed by atoms with Crippen LogP contribution in [0.1, 0.15) is 130 Å². The van der Waals surface area contributed by atoms with E-state index in [1.165, 1.54) is 114 Å². The Bertz CT molecular complexity index is 657. The maximum absolute atomic E-state index is 13.3. The van der Waals surface area contributed by atoms with Crippen molar-refractivity contribution in [3.8, 4) is 0 Å². The summed E-state index contributed by atoms with van der Waals surface area (Å²) in [4.78, 5) is 29.7. The second-order valence-corrected chi connectivity index (χ2v) is 13.4. The molecule has 3 aliphatic rings. The lowest BCUT2D eigenvalue weighted by Crippen LogP contribution is -2.37. The maximum Gasteiger partial charge on any atom is 0.268 e. The standard InChI is InChI=1S/C28H47NO2S2/c1-4-5-6-9-14-22-15-12-19-24(20-13-16-22)33-26-25(27(30)29(21(2)3)28(26)31)32-23-17-10-7-8-11-18-23/h21-24H,4-20H2,1-3H3. The second kappa shape index (κ2) is 14.2. The van der Waals surface area contributed by atoms with E-state index in [9.17, 15) is 9.59 Å². The molecule has 0 radical (unpaired) electrons. The number of amides is 2. The smallest absolute Gasteiger partial charge is 0.268 e. The summed E-state index contributed by atoms with van der Waals surface area (Å²) in [5.74, 6) is 0.858. The van der Waals surface area contributed by atoms with E-state index in [0.717, 1.165) is 15.7 Å². The molecule has 0 bridgehead atoms. The van der Waals surface area contributed by atoms with Crippen LogP contribution in [0.15, 0.2) is 9.81 Å². The van der Waals surface area contributed by atoms with Gasteiger partial charge in [-0.25, -0.2) is 0 Å². The summed E-state index contributed by atoms with van der Waals surface area (Å²) in [6.45, 7) is 6.22. The van der Waals surface area contributed by atoms with Gasteiger partial charge < -0.3 is 0 Å². The Balaban J connectivity index is 1.62. The summed E-state index contributed by atoms with van der Waals surface area (Å²) in [5.41, 5.74) is 0. The van der Waals surface area contributed by atoms with Crippen molar-refractivity contribution in [3.63, 3.8) is 0 Å². The van der Waals surface area contributed by atoms with Gasteiger partial charge in [-0.05, 0) is 45.4 Å². The molecular weight excluding hydrogens is 446 g/mol. The maximum atomic E-state index is 13.3. The highest BCUT2D eigenvalue weighted by atomic mass is 32.2. The van der Waals surface area contributed by atoms with Crippen LogP contribution in [0.5, 0.6) is 0 Å². The lowest BCUT2D eigenvalue weighted by molar-refractivity contribution is -0.138. The summed E-state index contributed by atoms with van der Waals surface area (Å²) in [5, 5.41) is 0.974. The first-order chi connectivity index (χ1) is 16.0. The fourth-order valence-corrected chi connectivity index (χ4v) is 8.58. The van der Waals surface area contributed by atoms with Crippen molar-refractivity contribution in [1.29, 1.82) is 0 Å². The van der Waals surface area contributed by atoms with Crippen LogP contribution in [0.2, 0.25) is 0 Å². The van der Waals surface area contributed by atoms with Gasteiger partial charge in [0.2, 0.25) is 0 Å². The van der Waals surface area contributed by atoms with Gasteiger partial charge in [0.05, 0.1) is 9.81 Å². The number of rotatable bonds is 10. The predicted octanol–water partition coefficient (Wildman–Crippen LogP) is 8.47. The first-order valence-corrected chi connectivity index (χ1v) is 15.7. The molecular formula is C28H47NO2S2. The number of thioether (sulfide) groups is 2. The molecule has 1 heterocycles. The molecule has 0 aromatic carbocycles. The van der Waals surface area contributed by atoms with Crippen LogP contribution >= 0.6 is 23.5 Å². The molecule has 33 heavy (non-hydrogen) atoms. The quantitative estimate of drug-likeness (QED) is 0.174. The number of hydrogen-bond acceptors (Lipinski definition) is 4. The fraction of sp³-hybridized carbons (Fsp3) is 0.857. The molecule has 0 unspecified atom stereocenters. The largest absolute Gasteiger partial charge is 0.271 e. The van der Waals surface area contributed by atoms with Gasteiger partial charge in [-0.2, -0.15) is 0 Å². The summed E-state index contributed by atoms with van der Waals surface area (Å²) >= 11 is 3.50. The average Bonchev–Trinajstić information content (AvgIpc) is 2.93. The molecule has 2 saturated carbocycles. The number of nitrogens with zero attached hydrogens (tertiary/aromatic N) is 1. The third kappa shape index (κ3) is 8.05. The zero-order valence-electron chi connectivity index (χ0n) is 21.4. The average molecular weight is 494 g/mol. The van der Waals surface area contributed by atoms with Gasteiger partial charge in [0, 0.05) is 16.5 Å². The highest BCUT2D eigenvalue weighted by Crippen LogP contribution is 2.45. The molecule has 1 aliphatic heterocycles. The molecule has 3 nitrogen and oxygen atoms in total. The minimum atomic E-state index is -0.0707. The molecule has 0 aromatic heterocycles. The topological polar surface area (TPSA) is 37.4 Å². The van der Waals surface area contributed by atoms with E-state index in [4.69, 9.17) is 0 Å². The summed E-state index contributed by atoms with van der Waals surface area (Å²) < 4.78 is 0. The van der Waals surface area contributed by atoms with Crippen molar-refractivity contribution in [2.24, 2.45) is 5.92 Å². The van der Waals surface area contributed by atoms with Gasteiger partial charge in [-0.3, -0.25) is 14.5 Å². The van der Waals surface area contributed by atoms with Gasteiger partial charge >= 0.3 is 0 Å². The minimum absolute atomic E-state index is 0.0213. The number of unbranched alkanes of at least 4 members (excludes halogenated alkanes) is 3. The van der Waals surface area contributed by atoms with Gasteiger partial charge in [0.1, 0.15) is 0 Å². The fourth-order valence-electron chi connectivity index (χ4n) is 5.70. The van der Waals surface area contributed by atoms with Crippen molar-refractivity contribution in [2.75, 3.05) is 0 Å². The zero-order valence-corrected chi connectivity index (χ0v) is 23.0. The Labute approximate surface area is 211 Å². The van der Waals surface area contributed by atoms with E-state index in [2.05, 4.69) is 6.92 Å². The van der Waals surface area contributed by atoms with E-state index >= 15 is 0 Å². The summed E-state index contributed by atoms with van der Waals surface area (Å²) in [7, 11) is 0. The lowest BCUT2D eigenvalue weighted by atomic mass is 9.87. The van der Waals surface area contributed by atoms with Crippen LogP contribution in [-0.2, 0) is 9.59 Å². The van der Waals surface area contributed by atoms with Crippen molar-refractivity contribution in [3.05, 3.63) is 9.81 Å². The van der Waals surface area contributed by atoms with Gasteiger partial charge in [-0.1, -0.05) is 90.4 Å². The number of imide groups is 1. The SMILES string of the molecule is CCCCCCC1CCCC(SC2=C(SC3CCCCCC3)C(=O)N(C(C)C)C2=O)CCC1. The van der Waals surface area contributed by atoms with Crippen LogP contribution in [-0.4, -0.2) is 33.3 Å². The Morgan fingerprint density at radius 3 is 1.73 bits per heavy atom. The van der Waals surface area contributed by atoms with Crippen molar-refractivity contribution in [1.82, 2.24) is 4.90 Å². The van der Waals surface area contributed by atoms with Gasteiger partial charge in [-0.15, -0.1) is 23.5 Å². The highest BCUT2D eigenvalue weighted by Gasteiger charge is 2.42. The predicted molar refractivity (Wildman–Crippen MR) is 144 cm³/mol. The molecule has 0 spiro atoms. The van der Waals surface area contributed by atoms with Crippen molar-refractivity contribution < 1.29 is 9.59 Å². The molecule has 3 rings (SSSR count). The molecule has 188 valence electrons. The summed E-state index contributed by atoms with van der Waals surface area (Å²) in [6, 6.07) is -0.0707. The number of carbonyl (C=O) groups is 2. The molecule has 5 heteroatoms. The molecule has 0 saturated heterocycles. The van der Waals surface area contributed by atoms with E-state index in [1.54, 1.807) is 23.5 Å². The van der Waals surface area contributed by atoms with Crippen LogP contribution in [0.3, 0.4) is 0 Å². The Kier molecular flexibility index (Phi) is 11.7. The zero-order chi connectivity index (χ0) is 23.6. The molecule has 2 aliphatic carbocycles. The second-order valence-electron chi connectivity index (χ2n) is 10.8. The van der Waals surface area contributed by atoms with Crippen LogP contribution in [0, 0.1) is 5.92 Å². The van der Waals surface area contributed by atoms with Gasteiger partial charge in [0.15, 0.2) is 0 Å². The van der Waals surface area contributed by atoms with Crippen LogP contribution in [0.25, 0.3) is 0 Å². The van der Waals surface area contributed by atoms with E-state index in [0.29, 0.717) is 10.5 Å². The third-order valence-electron chi connectivity index (χ3n) is 7.66. The number of carbonyl (C=O) groups excluding carboxylic acids is 2. The Hall–Kier alpha value is -0.420. The van der Waals surface area contributed by atoms with Gasteiger partial charge in [0.25, 0.3) is 11.8 Å². The monoisotopic (exact) mass is 493 g/mol. The van der Waals surface area contributed by atoms with E-state index in [-0.39, 0.29) is 17.9 Å². The lowest BCUT2D eigenvalue weighted by Gasteiger charge is -2.25. The minimum Gasteiger partial charge on any atom is -0.271 e. The molecule has 0 atom stereocenters. The number of hydrogen-bond donors (Lipinski definition) is 0. The van der Waals surface area contributed by atoms with Crippen molar-refractivity contribution >= 4 is 35.3 Å². The first kappa shape index (κ1) is 27.2. The third-order valence-corrected chi connectivity index (χ3v) is 10.6. The van der Waals surface area contributed by atoms with E-state index in [1.807, 2.05) is 13.8 Å². The van der Waals surface area contributed by atoms with Crippen LogP contribution in [0.4, 0.5) is 0 Å². The first-order valence-electron chi connectivity index (χ1n) is 14.0.